The molecular formula is C28H31FN2O4S. The van der Waals surface area contributed by atoms with E-state index in [-0.39, 0.29) is 19.4 Å². The predicted molar refractivity (Wildman–Crippen MR) is 139 cm³/mol. The number of benzene rings is 1. The summed E-state index contributed by atoms with van der Waals surface area (Å²) in [6.07, 6.45) is 2.17. The number of alkyl halides is 1. The van der Waals surface area contributed by atoms with Gasteiger partial charge in [-0.3, -0.25) is 14.7 Å². The lowest BCUT2D eigenvalue weighted by atomic mass is 9.71. The van der Waals surface area contributed by atoms with Crippen LogP contribution >= 0.6 is 11.3 Å². The third-order valence-electron chi connectivity index (χ3n) is 7.09. The molecule has 0 amide bonds. The van der Waals surface area contributed by atoms with Crippen molar-refractivity contribution < 1.29 is 24.1 Å². The number of aromatic nitrogens is 1. The molecule has 4 rings (SSSR count). The van der Waals surface area contributed by atoms with E-state index in [1.807, 2.05) is 17.5 Å². The Morgan fingerprint density at radius 1 is 1.33 bits per heavy atom. The van der Waals surface area contributed by atoms with Crippen LogP contribution in [0.25, 0.3) is 10.9 Å². The summed E-state index contributed by atoms with van der Waals surface area (Å²) in [5, 5.41) is 22.1. The van der Waals surface area contributed by atoms with Crippen LogP contribution < -0.4 is 4.74 Å². The Bertz CT molecular complexity index is 1240. The van der Waals surface area contributed by atoms with Crippen LogP contribution in [-0.4, -0.2) is 52.8 Å². The summed E-state index contributed by atoms with van der Waals surface area (Å²) >= 11 is 1.61. The van der Waals surface area contributed by atoms with Gasteiger partial charge in [-0.15, -0.1) is 11.3 Å². The first-order valence-corrected chi connectivity index (χ1v) is 13.0. The first-order valence-electron chi connectivity index (χ1n) is 12.1. The lowest BCUT2D eigenvalue weighted by molar-refractivity contribution is -0.141. The van der Waals surface area contributed by atoms with Crippen LogP contribution in [0.4, 0.5) is 4.39 Å². The molecule has 190 valence electrons. The van der Waals surface area contributed by atoms with Crippen LogP contribution in [0.15, 0.2) is 41.9 Å². The summed E-state index contributed by atoms with van der Waals surface area (Å²) in [5.41, 5.74) is 1.01. The van der Waals surface area contributed by atoms with E-state index < -0.39 is 17.6 Å². The predicted octanol–water partition coefficient (Wildman–Crippen LogP) is 5.20. The summed E-state index contributed by atoms with van der Waals surface area (Å²) in [6.45, 7) is 1.79. The molecule has 0 radical (unpaired) electrons. The van der Waals surface area contributed by atoms with E-state index in [2.05, 4.69) is 21.7 Å². The summed E-state index contributed by atoms with van der Waals surface area (Å²) in [7, 11) is 1.55. The molecule has 1 saturated heterocycles. The fourth-order valence-electron chi connectivity index (χ4n) is 5.04. The molecule has 3 heterocycles. The Morgan fingerprint density at radius 2 is 2.14 bits per heavy atom. The Hall–Kier alpha value is -2.99. The Morgan fingerprint density at radius 3 is 2.81 bits per heavy atom. The van der Waals surface area contributed by atoms with Gasteiger partial charge in [-0.25, -0.2) is 4.39 Å². The molecule has 6 nitrogen and oxygen atoms in total. The van der Waals surface area contributed by atoms with Crippen LogP contribution in [0.3, 0.4) is 0 Å². The van der Waals surface area contributed by atoms with Crippen LogP contribution in [0.2, 0.25) is 0 Å². The van der Waals surface area contributed by atoms with Crippen molar-refractivity contribution in [2.24, 2.45) is 5.41 Å². The first-order chi connectivity index (χ1) is 17.4. The lowest BCUT2D eigenvalue weighted by Crippen LogP contribution is -2.41. The summed E-state index contributed by atoms with van der Waals surface area (Å²) in [5.74, 6) is 6.10. The number of methoxy groups -OCH3 is 1. The minimum Gasteiger partial charge on any atom is -0.497 e. The van der Waals surface area contributed by atoms with E-state index in [0.717, 1.165) is 18.0 Å². The maximum atomic E-state index is 15.8. The van der Waals surface area contributed by atoms with Crippen LogP contribution in [0, 0.1) is 17.3 Å². The number of carboxylic acid groups (broad SMARTS) is 1. The number of aliphatic hydroxyl groups excluding tert-OH is 1. The monoisotopic (exact) mass is 510 g/mol. The molecule has 0 aliphatic carbocycles. The molecular weight excluding hydrogens is 479 g/mol. The molecule has 1 aliphatic heterocycles. The van der Waals surface area contributed by atoms with Crippen molar-refractivity contribution in [2.75, 3.05) is 26.7 Å². The molecule has 2 aromatic heterocycles. The van der Waals surface area contributed by atoms with E-state index in [1.54, 1.807) is 36.6 Å². The van der Waals surface area contributed by atoms with Gasteiger partial charge in [0.1, 0.15) is 11.9 Å². The number of halogens is 1. The Kier molecular flexibility index (Phi) is 8.57. The van der Waals surface area contributed by atoms with Crippen molar-refractivity contribution in [3.63, 3.8) is 0 Å². The highest BCUT2D eigenvalue weighted by molar-refractivity contribution is 7.10. The van der Waals surface area contributed by atoms with Gasteiger partial charge >= 0.3 is 5.97 Å². The molecule has 2 N–H and O–H groups in total. The SMILES string of the molecule is COc1ccc2ncc(CO)c(C(F)CCC3(CC(=O)O)CCN(CC#Cc4cccs4)CC3)c2c1. The minimum absolute atomic E-state index is 0.0200. The molecule has 0 spiro atoms. The highest BCUT2D eigenvalue weighted by atomic mass is 32.1. The molecule has 36 heavy (non-hydrogen) atoms. The zero-order valence-electron chi connectivity index (χ0n) is 20.4. The van der Waals surface area contributed by atoms with Gasteiger partial charge in [0, 0.05) is 22.7 Å². The van der Waals surface area contributed by atoms with Gasteiger partial charge in [-0.2, -0.15) is 0 Å². The second-order valence-corrected chi connectivity index (χ2v) is 10.3. The summed E-state index contributed by atoms with van der Waals surface area (Å²) in [4.78, 5) is 19.3. The Labute approximate surface area is 214 Å². The van der Waals surface area contributed by atoms with E-state index in [4.69, 9.17) is 4.74 Å². The van der Waals surface area contributed by atoms with Gasteiger partial charge in [-0.05, 0) is 73.8 Å². The maximum Gasteiger partial charge on any atom is 0.303 e. The van der Waals surface area contributed by atoms with Crippen molar-refractivity contribution in [1.29, 1.82) is 0 Å². The summed E-state index contributed by atoms with van der Waals surface area (Å²) < 4.78 is 21.1. The number of aliphatic carboxylic acids is 1. The number of nitrogens with zero attached hydrogens (tertiary/aromatic N) is 2. The van der Waals surface area contributed by atoms with Gasteiger partial charge in [0.05, 0.1) is 37.1 Å². The number of rotatable bonds is 9. The second kappa shape index (κ2) is 11.8. The van der Waals surface area contributed by atoms with Crippen molar-refractivity contribution in [3.05, 3.63) is 57.9 Å². The minimum atomic E-state index is -1.36. The smallest absolute Gasteiger partial charge is 0.303 e. The van der Waals surface area contributed by atoms with Gasteiger partial charge in [0.25, 0.3) is 0 Å². The molecule has 8 heteroatoms. The molecule has 1 atom stereocenters. The average molecular weight is 511 g/mol. The van der Waals surface area contributed by atoms with Crippen molar-refractivity contribution >= 4 is 28.2 Å². The number of carbonyl (C=O) groups is 1. The zero-order valence-corrected chi connectivity index (χ0v) is 21.2. The maximum absolute atomic E-state index is 15.8. The zero-order chi connectivity index (χ0) is 25.5. The third kappa shape index (κ3) is 6.22. The molecule has 1 aromatic carbocycles. The highest BCUT2D eigenvalue weighted by Gasteiger charge is 2.37. The Balaban J connectivity index is 1.47. The number of carboxylic acids is 1. The largest absolute Gasteiger partial charge is 0.497 e. The number of ether oxygens (including phenoxy) is 1. The van der Waals surface area contributed by atoms with E-state index in [0.29, 0.717) is 53.6 Å². The third-order valence-corrected chi connectivity index (χ3v) is 7.87. The molecule has 1 fully saturated rings. The number of fused-ring (bicyclic) bond motifs is 1. The number of piperidine rings is 1. The number of aliphatic hydroxyl groups is 1. The second-order valence-electron chi connectivity index (χ2n) is 9.37. The van der Waals surface area contributed by atoms with Gasteiger partial charge in [-0.1, -0.05) is 17.9 Å². The normalized spacial score (nSPS) is 16.3. The topological polar surface area (TPSA) is 82.9 Å². The molecule has 0 saturated carbocycles. The van der Waals surface area contributed by atoms with Gasteiger partial charge in [0.15, 0.2) is 0 Å². The number of pyridine rings is 1. The number of likely N-dealkylation sites (tertiary alicyclic amines) is 1. The first kappa shape index (κ1) is 26.1. The van der Waals surface area contributed by atoms with Crippen molar-refractivity contribution in [2.45, 2.75) is 44.9 Å². The number of hydrogen-bond acceptors (Lipinski definition) is 6. The van der Waals surface area contributed by atoms with Crippen LogP contribution in [0.1, 0.15) is 54.3 Å². The van der Waals surface area contributed by atoms with Crippen LogP contribution in [0.5, 0.6) is 5.75 Å². The van der Waals surface area contributed by atoms with Gasteiger partial charge in [0.2, 0.25) is 0 Å². The van der Waals surface area contributed by atoms with Crippen molar-refractivity contribution in [3.8, 4) is 17.6 Å². The summed E-state index contributed by atoms with van der Waals surface area (Å²) in [6, 6.07) is 9.25. The van der Waals surface area contributed by atoms with Crippen molar-refractivity contribution in [1.82, 2.24) is 9.88 Å². The average Bonchev–Trinajstić information content (AvgIpc) is 3.40. The fourth-order valence-corrected chi connectivity index (χ4v) is 5.64. The molecule has 3 aromatic rings. The lowest BCUT2D eigenvalue weighted by Gasteiger charge is -2.41. The number of thiophene rings is 1. The molecule has 0 bridgehead atoms. The number of hydrogen-bond donors (Lipinski definition) is 2. The molecule has 1 unspecified atom stereocenters. The van der Waals surface area contributed by atoms with E-state index >= 15 is 4.39 Å². The highest BCUT2D eigenvalue weighted by Crippen LogP contribution is 2.43. The quantitative estimate of drug-likeness (QED) is 0.385. The molecule has 1 aliphatic rings. The van der Waals surface area contributed by atoms with E-state index in [9.17, 15) is 15.0 Å². The van der Waals surface area contributed by atoms with Crippen LogP contribution in [-0.2, 0) is 11.4 Å². The van der Waals surface area contributed by atoms with E-state index in [1.165, 1.54) is 6.20 Å². The standard InChI is InChI=1S/C28H31FN2O4S/c1-35-21-6-7-25-23(16-21)27(20(19-32)18-30-25)24(29)8-9-28(17-26(33)34)10-13-31(14-11-28)12-2-4-22-5-3-15-36-22/h3,5-7,15-16,18,24,32H,8-14,17,19H2,1H3,(H,33,34). The van der Waals surface area contributed by atoms with Gasteiger partial charge < -0.3 is 14.9 Å². The fraction of sp³-hybridized carbons (Fsp3) is 0.429.